The van der Waals surface area contributed by atoms with Crippen LogP contribution in [0.5, 0.6) is 5.75 Å². The van der Waals surface area contributed by atoms with Gasteiger partial charge in [-0.2, -0.15) is 5.26 Å². The van der Waals surface area contributed by atoms with Crippen LogP contribution >= 0.6 is 0 Å². The van der Waals surface area contributed by atoms with Crippen LogP contribution < -0.4 is 4.74 Å². The van der Waals surface area contributed by atoms with Crippen LogP contribution in [0, 0.1) is 36.8 Å². The fourth-order valence-electron chi connectivity index (χ4n) is 3.80. The van der Waals surface area contributed by atoms with E-state index in [4.69, 9.17) is 4.74 Å². The number of halogens is 2. The number of nitriles is 1. The maximum atomic E-state index is 14.2. The minimum Gasteiger partial charge on any atom is -0.489 e. The Labute approximate surface area is 191 Å². The molecular formula is C28H22F2N2O. The quantitative estimate of drug-likeness (QED) is 0.302. The maximum Gasteiger partial charge on any atom is 0.131 e. The van der Waals surface area contributed by atoms with E-state index < -0.39 is 5.82 Å². The number of hydrogen-bond donors (Lipinski definition) is 0. The summed E-state index contributed by atoms with van der Waals surface area (Å²) in [6.07, 6.45) is 1.71. The monoisotopic (exact) mass is 440 g/mol. The smallest absolute Gasteiger partial charge is 0.131 e. The molecule has 3 aromatic carbocycles. The minimum atomic E-state index is -0.426. The van der Waals surface area contributed by atoms with E-state index in [1.807, 2.05) is 44.2 Å². The predicted octanol–water partition coefficient (Wildman–Crippen LogP) is 7.02. The zero-order valence-corrected chi connectivity index (χ0v) is 18.3. The number of rotatable bonds is 6. The van der Waals surface area contributed by atoms with Crippen molar-refractivity contribution in [1.29, 1.82) is 5.26 Å². The van der Waals surface area contributed by atoms with Crippen molar-refractivity contribution in [2.24, 2.45) is 0 Å². The predicted molar refractivity (Wildman–Crippen MR) is 126 cm³/mol. The summed E-state index contributed by atoms with van der Waals surface area (Å²) in [5, 5.41) is 9.60. The summed E-state index contributed by atoms with van der Waals surface area (Å²) >= 11 is 0. The number of ether oxygens (including phenoxy) is 1. The molecule has 3 nitrogen and oxygen atoms in total. The van der Waals surface area contributed by atoms with Crippen molar-refractivity contribution >= 4 is 11.6 Å². The van der Waals surface area contributed by atoms with E-state index in [1.54, 1.807) is 42.5 Å². The molecule has 0 fully saturated rings. The Kier molecular flexibility index (Phi) is 6.37. The second-order valence-corrected chi connectivity index (χ2v) is 7.69. The molecule has 1 aromatic heterocycles. The van der Waals surface area contributed by atoms with Gasteiger partial charge in [0.2, 0.25) is 0 Å². The summed E-state index contributed by atoms with van der Waals surface area (Å²) in [4.78, 5) is 0. The molecule has 4 rings (SSSR count). The van der Waals surface area contributed by atoms with Gasteiger partial charge >= 0.3 is 0 Å². The van der Waals surface area contributed by atoms with Gasteiger partial charge in [-0.25, -0.2) is 8.78 Å². The second kappa shape index (κ2) is 9.54. The van der Waals surface area contributed by atoms with Crippen molar-refractivity contribution in [1.82, 2.24) is 4.57 Å². The summed E-state index contributed by atoms with van der Waals surface area (Å²) in [6.45, 7) is 4.08. The van der Waals surface area contributed by atoms with Gasteiger partial charge in [-0.05, 0) is 68.0 Å². The van der Waals surface area contributed by atoms with Gasteiger partial charge in [0.25, 0.3) is 0 Å². The number of aromatic nitrogens is 1. The first-order chi connectivity index (χ1) is 16.0. The molecule has 164 valence electrons. The fourth-order valence-corrected chi connectivity index (χ4v) is 3.80. The Morgan fingerprint density at radius 2 is 1.61 bits per heavy atom. The molecule has 0 radical (unpaired) electrons. The van der Waals surface area contributed by atoms with Gasteiger partial charge in [0.15, 0.2) is 0 Å². The average molecular weight is 440 g/mol. The molecule has 0 aliphatic rings. The Morgan fingerprint density at radius 3 is 2.27 bits per heavy atom. The lowest BCUT2D eigenvalue weighted by Gasteiger charge is -2.12. The van der Waals surface area contributed by atoms with Crippen molar-refractivity contribution in [2.45, 2.75) is 20.5 Å². The first-order valence-electron chi connectivity index (χ1n) is 10.5. The number of benzene rings is 3. The van der Waals surface area contributed by atoms with Crippen LogP contribution in [-0.2, 0) is 6.61 Å². The molecule has 0 atom stereocenters. The van der Waals surface area contributed by atoms with Crippen LogP contribution in [0.2, 0.25) is 0 Å². The first kappa shape index (κ1) is 22.0. The van der Waals surface area contributed by atoms with E-state index in [9.17, 15) is 14.0 Å². The minimum absolute atomic E-state index is 0.148. The van der Waals surface area contributed by atoms with Gasteiger partial charge in [-0.15, -0.1) is 0 Å². The van der Waals surface area contributed by atoms with Crippen molar-refractivity contribution in [3.05, 3.63) is 119 Å². The fraction of sp³-hybridized carbons (Fsp3) is 0.107. The van der Waals surface area contributed by atoms with Crippen LogP contribution in [-0.4, -0.2) is 4.57 Å². The van der Waals surface area contributed by atoms with Crippen LogP contribution in [0.15, 0.2) is 78.9 Å². The van der Waals surface area contributed by atoms with Crippen molar-refractivity contribution in [3.63, 3.8) is 0 Å². The number of nitrogens with zero attached hydrogens (tertiary/aromatic N) is 2. The molecule has 0 saturated carbocycles. The molecule has 5 heteroatoms. The maximum absolute atomic E-state index is 14.2. The molecular weight excluding hydrogens is 418 g/mol. The summed E-state index contributed by atoms with van der Waals surface area (Å²) in [6, 6.07) is 24.4. The molecule has 33 heavy (non-hydrogen) atoms. The molecule has 0 aliphatic carbocycles. The summed E-state index contributed by atoms with van der Waals surface area (Å²) in [7, 11) is 0. The molecule has 0 unspecified atom stereocenters. The van der Waals surface area contributed by atoms with E-state index >= 15 is 0 Å². The highest BCUT2D eigenvalue weighted by Crippen LogP contribution is 2.27. The summed E-state index contributed by atoms with van der Waals surface area (Å²) < 4.78 is 35.8. The van der Waals surface area contributed by atoms with E-state index in [-0.39, 0.29) is 23.6 Å². The highest BCUT2D eigenvalue weighted by molar-refractivity contribution is 5.90. The van der Waals surface area contributed by atoms with Crippen molar-refractivity contribution < 1.29 is 13.5 Å². The highest BCUT2D eigenvalue weighted by atomic mass is 19.1. The van der Waals surface area contributed by atoms with E-state index in [1.165, 1.54) is 12.1 Å². The van der Waals surface area contributed by atoms with Crippen LogP contribution in [0.1, 0.15) is 28.1 Å². The lowest BCUT2D eigenvalue weighted by Crippen LogP contribution is -2.01. The molecule has 0 bridgehead atoms. The largest absolute Gasteiger partial charge is 0.489 e. The van der Waals surface area contributed by atoms with Gasteiger partial charge in [-0.1, -0.05) is 36.4 Å². The summed E-state index contributed by atoms with van der Waals surface area (Å²) in [5.74, 6) is -0.0820. The third-order valence-corrected chi connectivity index (χ3v) is 5.50. The highest BCUT2D eigenvalue weighted by Gasteiger charge is 2.13. The molecule has 0 amide bonds. The van der Waals surface area contributed by atoms with Crippen LogP contribution in [0.25, 0.3) is 17.3 Å². The standard InChI is InChI=1S/C28H22F2N2O/c1-19-15-22(16-23(17-31)26-8-4-6-10-28(26)30)20(2)32(19)24-11-13-25(14-12-24)33-18-21-7-3-5-9-27(21)29/h3-16H,18H2,1-2H3/b23-16-. The normalized spacial score (nSPS) is 11.3. The number of hydrogen-bond acceptors (Lipinski definition) is 2. The van der Waals surface area contributed by atoms with Crippen LogP contribution in [0.4, 0.5) is 8.78 Å². The van der Waals surface area contributed by atoms with Gasteiger partial charge < -0.3 is 9.30 Å². The first-order valence-corrected chi connectivity index (χ1v) is 10.5. The molecule has 0 saturated heterocycles. The summed E-state index contributed by atoms with van der Waals surface area (Å²) in [5.41, 5.74) is 4.71. The third kappa shape index (κ3) is 4.70. The van der Waals surface area contributed by atoms with E-state index in [0.29, 0.717) is 11.3 Å². The Hall–Kier alpha value is -4.17. The SMILES string of the molecule is Cc1cc(/C=C(/C#N)c2ccccc2F)c(C)n1-c1ccc(OCc2ccccc2F)cc1. The molecule has 0 N–H and O–H groups in total. The van der Waals surface area contributed by atoms with Gasteiger partial charge in [0, 0.05) is 28.2 Å². The number of allylic oxidation sites excluding steroid dienone is 1. The zero-order valence-electron chi connectivity index (χ0n) is 18.3. The van der Waals surface area contributed by atoms with Gasteiger partial charge in [-0.3, -0.25) is 0 Å². The molecule has 0 aliphatic heterocycles. The number of aryl methyl sites for hydroxylation is 1. The van der Waals surface area contributed by atoms with Gasteiger partial charge in [0.05, 0.1) is 11.6 Å². The van der Waals surface area contributed by atoms with Crippen LogP contribution in [0.3, 0.4) is 0 Å². The third-order valence-electron chi connectivity index (χ3n) is 5.50. The zero-order chi connectivity index (χ0) is 23.4. The van der Waals surface area contributed by atoms with E-state index in [0.717, 1.165) is 22.6 Å². The van der Waals surface area contributed by atoms with Gasteiger partial charge in [0.1, 0.15) is 24.0 Å². The topological polar surface area (TPSA) is 38.0 Å². The van der Waals surface area contributed by atoms with E-state index in [2.05, 4.69) is 10.6 Å². The lowest BCUT2D eigenvalue weighted by molar-refractivity contribution is 0.300. The molecule has 0 spiro atoms. The van der Waals surface area contributed by atoms with Crippen molar-refractivity contribution in [3.8, 4) is 17.5 Å². The Bertz CT molecular complexity index is 1360. The second-order valence-electron chi connectivity index (χ2n) is 7.69. The average Bonchev–Trinajstić information content (AvgIpc) is 3.10. The Balaban J connectivity index is 1.59. The Morgan fingerprint density at radius 1 is 0.939 bits per heavy atom. The van der Waals surface area contributed by atoms with Crippen molar-refractivity contribution in [2.75, 3.05) is 0 Å². The lowest BCUT2D eigenvalue weighted by atomic mass is 10.0. The molecule has 4 aromatic rings. The molecule has 1 heterocycles.